The summed E-state index contributed by atoms with van der Waals surface area (Å²) in [6.45, 7) is 0.299. The highest BCUT2D eigenvalue weighted by Crippen LogP contribution is 2.45. The number of aromatic carboxylic acids is 1. The first-order valence-electron chi connectivity index (χ1n) is 10.6. The maximum atomic E-state index is 13.5. The van der Waals surface area contributed by atoms with Crippen molar-refractivity contribution < 1.29 is 27.8 Å². The fourth-order valence-electron chi connectivity index (χ4n) is 5.18. The number of carbonyl (C=O) groups is 1. The maximum Gasteiger partial charge on any atom is 0.418 e. The van der Waals surface area contributed by atoms with Crippen molar-refractivity contribution in [2.45, 2.75) is 37.9 Å². The highest BCUT2D eigenvalue weighted by atomic mass is 19.4. The zero-order valence-corrected chi connectivity index (χ0v) is 17.1. The number of hydrogen-bond acceptors (Lipinski definition) is 5. The van der Waals surface area contributed by atoms with E-state index in [0.29, 0.717) is 23.6 Å². The minimum atomic E-state index is -4.56. The summed E-state index contributed by atoms with van der Waals surface area (Å²) in [5, 5.41) is 15.8. The Kier molecular flexibility index (Phi) is 4.79. The minimum Gasteiger partial charge on any atom is -0.492 e. The zero-order valence-electron chi connectivity index (χ0n) is 17.1. The summed E-state index contributed by atoms with van der Waals surface area (Å²) in [5.41, 5.74) is 6.27. The molecule has 0 aromatic heterocycles. The number of nitrogen functional groups attached to an aromatic ring is 1. The highest BCUT2D eigenvalue weighted by molar-refractivity contribution is 6.08. The molecule has 6 nitrogen and oxygen atoms in total. The Morgan fingerprint density at radius 1 is 1.16 bits per heavy atom. The lowest BCUT2D eigenvalue weighted by Gasteiger charge is -2.34. The molecule has 0 spiro atoms. The van der Waals surface area contributed by atoms with Crippen molar-refractivity contribution in [2.75, 3.05) is 17.3 Å². The van der Waals surface area contributed by atoms with Crippen LogP contribution in [0, 0.1) is 11.8 Å². The predicted molar refractivity (Wildman–Crippen MR) is 113 cm³/mol. The van der Waals surface area contributed by atoms with Gasteiger partial charge in [-0.15, -0.1) is 0 Å². The second-order valence-corrected chi connectivity index (χ2v) is 8.57. The fraction of sp³-hybridized carbons (Fsp3) is 0.391. The van der Waals surface area contributed by atoms with E-state index in [1.807, 2.05) is 0 Å². The number of anilines is 2. The van der Waals surface area contributed by atoms with Crippen molar-refractivity contribution in [3.05, 3.63) is 53.1 Å². The van der Waals surface area contributed by atoms with E-state index in [4.69, 9.17) is 15.6 Å². The Morgan fingerprint density at radius 3 is 2.59 bits per heavy atom. The molecule has 2 unspecified atom stereocenters. The summed E-state index contributed by atoms with van der Waals surface area (Å²) in [5.74, 6) is -0.469. The lowest BCUT2D eigenvalue weighted by atomic mass is 9.81. The van der Waals surface area contributed by atoms with Gasteiger partial charge in [0.15, 0.2) is 0 Å². The van der Waals surface area contributed by atoms with Crippen LogP contribution in [0.1, 0.15) is 47.2 Å². The van der Waals surface area contributed by atoms with Gasteiger partial charge in [0.25, 0.3) is 0 Å². The molecule has 32 heavy (non-hydrogen) atoms. The van der Waals surface area contributed by atoms with Crippen molar-refractivity contribution in [3.63, 3.8) is 0 Å². The van der Waals surface area contributed by atoms with Gasteiger partial charge in [-0.2, -0.15) is 18.3 Å². The van der Waals surface area contributed by atoms with Crippen LogP contribution in [0.3, 0.4) is 0 Å². The Morgan fingerprint density at radius 2 is 1.91 bits per heavy atom. The molecule has 2 heterocycles. The van der Waals surface area contributed by atoms with Crippen molar-refractivity contribution in [2.24, 2.45) is 16.9 Å². The van der Waals surface area contributed by atoms with Crippen LogP contribution < -0.4 is 15.5 Å². The molecule has 3 aliphatic rings. The summed E-state index contributed by atoms with van der Waals surface area (Å²) in [7, 11) is 0. The second kappa shape index (κ2) is 7.43. The molecule has 0 bridgehead atoms. The Labute approximate surface area is 182 Å². The van der Waals surface area contributed by atoms with Gasteiger partial charge in [-0.05, 0) is 55.2 Å². The summed E-state index contributed by atoms with van der Waals surface area (Å²) in [6.07, 6.45) is -0.456. The molecule has 9 heteroatoms. The maximum absolute atomic E-state index is 13.5. The number of hydrogen-bond donors (Lipinski definition) is 2. The van der Waals surface area contributed by atoms with Crippen molar-refractivity contribution >= 4 is 23.1 Å². The average Bonchev–Trinajstić information content (AvgIpc) is 3.40. The molecule has 168 valence electrons. The molecule has 3 N–H and O–H groups in total. The van der Waals surface area contributed by atoms with Crippen molar-refractivity contribution in [3.8, 4) is 5.75 Å². The van der Waals surface area contributed by atoms with E-state index in [1.54, 1.807) is 17.1 Å². The van der Waals surface area contributed by atoms with Gasteiger partial charge < -0.3 is 15.6 Å². The van der Waals surface area contributed by atoms with Crippen molar-refractivity contribution in [1.29, 1.82) is 0 Å². The Bertz CT molecular complexity index is 1110. The van der Waals surface area contributed by atoms with Gasteiger partial charge in [-0.25, -0.2) is 4.79 Å². The Hall–Kier alpha value is -3.23. The number of fused-ring (bicyclic) bond motifs is 3. The summed E-state index contributed by atoms with van der Waals surface area (Å²) >= 11 is 0. The number of rotatable bonds is 3. The van der Waals surface area contributed by atoms with E-state index >= 15 is 0 Å². The molecule has 2 atom stereocenters. The first kappa shape index (κ1) is 20.7. The molecular formula is C23H22F3N3O3. The molecule has 0 radical (unpaired) electrons. The standard InChI is InChI=1S/C23H22F3N3O3/c24-23(25,26)17-10-14(6-8-18(17)27)29-21(12-3-1-2-4-12)16-11-32-19-9-13(22(30)31)5-7-15(19)20(16)28-29/h5-10,12,16,21H,1-4,11,27H2,(H,30,31). The van der Waals surface area contributed by atoms with Crippen molar-refractivity contribution in [1.82, 2.24) is 0 Å². The van der Waals surface area contributed by atoms with Gasteiger partial charge in [0, 0.05) is 11.3 Å². The summed E-state index contributed by atoms with van der Waals surface area (Å²) < 4.78 is 46.5. The normalized spacial score (nSPS) is 22.8. The number of alkyl halides is 3. The quantitative estimate of drug-likeness (QED) is 0.664. The van der Waals surface area contributed by atoms with E-state index < -0.39 is 17.7 Å². The molecule has 0 saturated heterocycles. The van der Waals surface area contributed by atoms with E-state index in [2.05, 4.69) is 0 Å². The van der Waals surface area contributed by atoms with E-state index in [-0.39, 0.29) is 29.1 Å². The van der Waals surface area contributed by atoms with Gasteiger partial charge >= 0.3 is 12.1 Å². The third-order valence-electron chi connectivity index (χ3n) is 6.67. The van der Waals surface area contributed by atoms with Crippen LogP contribution in [0.25, 0.3) is 0 Å². The summed E-state index contributed by atoms with van der Waals surface area (Å²) in [6, 6.07) is 8.41. The molecule has 2 aliphatic heterocycles. The average molecular weight is 445 g/mol. The van der Waals surface area contributed by atoms with Gasteiger partial charge in [0.1, 0.15) is 5.75 Å². The van der Waals surface area contributed by atoms with Crippen LogP contribution >= 0.6 is 0 Å². The number of benzene rings is 2. The minimum absolute atomic E-state index is 0.110. The zero-order chi connectivity index (χ0) is 22.6. The van der Waals surface area contributed by atoms with Crippen LogP contribution in [0.5, 0.6) is 5.75 Å². The number of nitrogens with two attached hydrogens (primary N) is 1. The molecule has 2 aromatic rings. The number of halogens is 3. The monoisotopic (exact) mass is 445 g/mol. The highest BCUT2D eigenvalue weighted by Gasteiger charge is 2.47. The number of nitrogens with zero attached hydrogens (tertiary/aromatic N) is 2. The molecule has 2 aromatic carbocycles. The van der Waals surface area contributed by atoms with Crippen LogP contribution in [-0.2, 0) is 6.18 Å². The van der Waals surface area contributed by atoms with E-state index in [9.17, 15) is 23.1 Å². The third kappa shape index (κ3) is 3.36. The number of hydrazone groups is 1. The molecule has 1 aliphatic carbocycles. The number of carboxylic acid groups (broad SMARTS) is 1. The van der Waals surface area contributed by atoms with Crippen LogP contribution in [0.4, 0.5) is 24.5 Å². The number of carboxylic acids is 1. The largest absolute Gasteiger partial charge is 0.492 e. The smallest absolute Gasteiger partial charge is 0.418 e. The fourth-order valence-corrected chi connectivity index (χ4v) is 5.18. The third-order valence-corrected chi connectivity index (χ3v) is 6.67. The lowest BCUT2D eigenvalue weighted by Crippen LogP contribution is -2.43. The molecule has 1 saturated carbocycles. The second-order valence-electron chi connectivity index (χ2n) is 8.57. The van der Waals surface area contributed by atoms with Gasteiger partial charge in [0.2, 0.25) is 0 Å². The molecule has 1 fully saturated rings. The molecule has 0 amide bonds. The van der Waals surface area contributed by atoms with Gasteiger partial charge in [-0.3, -0.25) is 5.01 Å². The topological polar surface area (TPSA) is 88.2 Å². The van der Waals surface area contributed by atoms with Crippen LogP contribution in [0.15, 0.2) is 41.5 Å². The van der Waals surface area contributed by atoms with Crippen LogP contribution in [0.2, 0.25) is 0 Å². The first-order valence-corrected chi connectivity index (χ1v) is 10.6. The first-order chi connectivity index (χ1) is 15.2. The SMILES string of the molecule is Nc1ccc(N2N=C3c4ccc(C(=O)O)cc4OCC3C2C2CCCC2)cc1C(F)(F)F. The summed E-state index contributed by atoms with van der Waals surface area (Å²) in [4.78, 5) is 11.3. The Balaban J connectivity index is 1.60. The number of ether oxygens (including phenoxy) is 1. The van der Waals surface area contributed by atoms with Gasteiger partial charge in [0.05, 0.1) is 41.1 Å². The predicted octanol–water partition coefficient (Wildman–Crippen LogP) is 4.78. The van der Waals surface area contributed by atoms with Gasteiger partial charge in [-0.1, -0.05) is 12.8 Å². The molecular weight excluding hydrogens is 423 g/mol. The lowest BCUT2D eigenvalue weighted by molar-refractivity contribution is -0.136. The van der Waals surface area contributed by atoms with E-state index in [0.717, 1.165) is 37.5 Å². The van der Waals surface area contributed by atoms with Crippen LogP contribution in [-0.4, -0.2) is 29.4 Å². The van der Waals surface area contributed by atoms with E-state index in [1.165, 1.54) is 18.2 Å². The molecule has 5 rings (SSSR count).